The maximum Gasteiger partial charge on any atom is 0.341 e. The Labute approximate surface area is 191 Å². The molecule has 0 unspecified atom stereocenters. The van der Waals surface area contributed by atoms with Crippen molar-refractivity contribution < 1.29 is 53.8 Å². The highest BCUT2D eigenvalue weighted by Gasteiger charge is 2.73. The molecule has 2 aromatic rings. The van der Waals surface area contributed by atoms with Crippen LogP contribution in [0.25, 0.3) is 10.8 Å². The lowest BCUT2D eigenvalue weighted by Crippen LogP contribution is -2.76. The molecule has 2 aliphatic rings. The number of methoxy groups -OCH3 is 3. The summed E-state index contributed by atoms with van der Waals surface area (Å²) in [6, 6.07) is 2.43. The summed E-state index contributed by atoms with van der Waals surface area (Å²) in [6.45, 7) is 1.44. The fraction of sp³-hybridized carbons (Fsp3) is 0.304. The minimum absolute atomic E-state index is 0.0403. The molecule has 0 aromatic heterocycles. The van der Waals surface area contributed by atoms with E-state index in [1.54, 1.807) is 0 Å². The van der Waals surface area contributed by atoms with E-state index in [-0.39, 0.29) is 27.6 Å². The van der Waals surface area contributed by atoms with Gasteiger partial charge in [0.15, 0.2) is 6.10 Å². The van der Waals surface area contributed by atoms with Crippen molar-refractivity contribution in [2.24, 2.45) is 0 Å². The Bertz CT molecular complexity index is 1350. The molecule has 3 atom stereocenters. The molecular formula is C23H20O11. The van der Waals surface area contributed by atoms with E-state index in [2.05, 4.69) is 0 Å². The van der Waals surface area contributed by atoms with Gasteiger partial charge in [-0.2, -0.15) is 0 Å². The fourth-order valence-electron chi connectivity index (χ4n) is 4.68. The average molecular weight is 472 g/mol. The van der Waals surface area contributed by atoms with Crippen molar-refractivity contribution in [3.05, 3.63) is 46.2 Å². The predicted molar refractivity (Wildman–Crippen MR) is 113 cm³/mol. The van der Waals surface area contributed by atoms with E-state index in [9.17, 15) is 39.6 Å². The van der Waals surface area contributed by atoms with Crippen LogP contribution in [-0.2, 0) is 14.3 Å². The lowest BCUT2D eigenvalue weighted by Gasteiger charge is -2.47. The summed E-state index contributed by atoms with van der Waals surface area (Å²) in [4.78, 5) is 51.9. The highest BCUT2D eigenvalue weighted by molar-refractivity contribution is 6.35. The molecule has 34 heavy (non-hydrogen) atoms. The van der Waals surface area contributed by atoms with Crippen LogP contribution in [-0.4, -0.2) is 82.4 Å². The second kappa shape index (κ2) is 7.35. The number of benzene rings is 2. The number of phenols is 1. The quantitative estimate of drug-likeness (QED) is 0.348. The number of phenolic OH excluding ortho intramolecular Hbond substituents is 1. The Morgan fingerprint density at radius 2 is 1.68 bits per heavy atom. The lowest BCUT2D eigenvalue weighted by molar-refractivity contribution is -0.172. The van der Waals surface area contributed by atoms with Gasteiger partial charge in [0, 0.05) is 17.0 Å². The molecule has 0 aliphatic heterocycles. The van der Waals surface area contributed by atoms with Crippen LogP contribution in [0.5, 0.6) is 11.5 Å². The SMILES string of the molecule is COC(=O)c1c(OC)cc2cc3c(c(O)c2c1C)C(=O)[C@]1(O)C(=O)C=C(OC)[C@@H](O)[C@]1(O)C3=O. The maximum atomic E-state index is 13.4. The highest BCUT2D eigenvalue weighted by atomic mass is 16.5. The van der Waals surface area contributed by atoms with Crippen molar-refractivity contribution in [2.45, 2.75) is 24.2 Å². The summed E-state index contributed by atoms with van der Waals surface area (Å²) in [5.74, 6) is -6.41. The Hall–Kier alpha value is -3.80. The number of aliphatic hydroxyl groups is 3. The minimum atomic E-state index is -3.44. The van der Waals surface area contributed by atoms with Crippen LogP contribution in [0.3, 0.4) is 0 Å². The number of carbonyl (C=O) groups excluding carboxylic acids is 4. The van der Waals surface area contributed by atoms with Crippen molar-refractivity contribution in [3.8, 4) is 11.5 Å². The number of aryl methyl sites for hydroxylation is 1. The fourth-order valence-corrected chi connectivity index (χ4v) is 4.68. The van der Waals surface area contributed by atoms with E-state index in [0.717, 1.165) is 20.3 Å². The topological polar surface area (TPSA) is 177 Å². The van der Waals surface area contributed by atoms with E-state index < -0.39 is 63.3 Å². The molecule has 0 saturated heterocycles. The van der Waals surface area contributed by atoms with Gasteiger partial charge in [-0.05, 0) is 30.0 Å². The molecule has 0 saturated carbocycles. The minimum Gasteiger partial charge on any atom is -0.507 e. The molecule has 0 fully saturated rings. The number of carbonyl (C=O) groups is 4. The van der Waals surface area contributed by atoms with Crippen LogP contribution in [0.2, 0.25) is 0 Å². The third-order valence-electron chi connectivity index (χ3n) is 6.45. The van der Waals surface area contributed by atoms with Crippen LogP contribution in [0.4, 0.5) is 0 Å². The molecule has 0 spiro atoms. The van der Waals surface area contributed by atoms with Crippen LogP contribution in [0.15, 0.2) is 24.0 Å². The van der Waals surface area contributed by atoms with Crippen molar-refractivity contribution in [1.82, 2.24) is 0 Å². The largest absolute Gasteiger partial charge is 0.507 e. The first-order chi connectivity index (χ1) is 15.9. The van der Waals surface area contributed by atoms with Crippen LogP contribution in [0, 0.1) is 6.92 Å². The number of hydrogen-bond acceptors (Lipinski definition) is 11. The number of ketones is 3. The Morgan fingerprint density at radius 1 is 1.03 bits per heavy atom. The number of ether oxygens (including phenoxy) is 3. The summed E-state index contributed by atoms with van der Waals surface area (Å²) in [5, 5.41) is 44.0. The maximum absolute atomic E-state index is 13.4. The van der Waals surface area contributed by atoms with Gasteiger partial charge in [-0.25, -0.2) is 4.79 Å². The van der Waals surface area contributed by atoms with Crippen LogP contribution >= 0.6 is 0 Å². The van der Waals surface area contributed by atoms with Gasteiger partial charge in [-0.3, -0.25) is 14.4 Å². The summed E-state index contributed by atoms with van der Waals surface area (Å²) in [5.41, 5.74) is -7.99. The Balaban J connectivity index is 2.13. The highest BCUT2D eigenvalue weighted by Crippen LogP contribution is 2.49. The normalized spacial score (nSPS) is 26.0. The number of rotatable bonds is 3. The third kappa shape index (κ3) is 2.51. The number of Topliss-reactive ketones (excluding diaryl/α,β-unsaturated/α-hetero) is 2. The van der Waals surface area contributed by atoms with E-state index in [1.807, 2.05) is 0 Å². The predicted octanol–water partition coefficient (Wildman–Crippen LogP) is -0.0359. The van der Waals surface area contributed by atoms with E-state index >= 15 is 0 Å². The van der Waals surface area contributed by atoms with Crippen molar-refractivity contribution in [1.29, 1.82) is 0 Å². The summed E-state index contributed by atoms with van der Waals surface area (Å²) >= 11 is 0. The van der Waals surface area contributed by atoms with E-state index in [0.29, 0.717) is 6.08 Å². The number of hydrogen-bond donors (Lipinski definition) is 4. The number of aromatic hydroxyl groups is 1. The average Bonchev–Trinajstić information content (AvgIpc) is 2.81. The second-order valence-electron chi connectivity index (χ2n) is 7.97. The molecule has 11 nitrogen and oxygen atoms in total. The second-order valence-corrected chi connectivity index (χ2v) is 7.97. The van der Waals surface area contributed by atoms with Gasteiger partial charge in [0.1, 0.15) is 22.8 Å². The zero-order valence-electron chi connectivity index (χ0n) is 18.5. The lowest BCUT2D eigenvalue weighted by atomic mass is 9.60. The molecule has 178 valence electrons. The number of esters is 1. The van der Waals surface area contributed by atoms with Crippen molar-refractivity contribution in [2.75, 3.05) is 21.3 Å². The molecule has 0 radical (unpaired) electrons. The van der Waals surface area contributed by atoms with Gasteiger partial charge in [-0.15, -0.1) is 0 Å². The van der Waals surface area contributed by atoms with Gasteiger partial charge < -0.3 is 34.6 Å². The monoisotopic (exact) mass is 472 g/mol. The van der Waals surface area contributed by atoms with Gasteiger partial charge in [0.25, 0.3) is 0 Å². The van der Waals surface area contributed by atoms with Gasteiger partial charge >= 0.3 is 5.97 Å². The Kier molecular flexibility index (Phi) is 5.05. The van der Waals surface area contributed by atoms with Gasteiger partial charge in [-0.1, -0.05) is 0 Å². The number of aliphatic hydroxyl groups excluding tert-OH is 1. The summed E-state index contributed by atoms with van der Waals surface area (Å²) < 4.78 is 14.8. The molecule has 4 N–H and O–H groups in total. The molecule has 0 heterocycles. The van der Waals surface area contributed by atoms with Gasteiger partial charge in [0.2, 0.25) is 28.6 Å². The molecule has 4 rings (SSSR count). The summed E-state index contributed by atoms with van der Waals surface area (Å²) in [6.07, 6.45) is -1.67. The first-order valence-electron chi connectivity index (χ1n) is 9.89. The van der Waals surface area contributed by atoms with Gasteiger partial charge in [0.05, 0.1) is 26.9 Å². The van der Waals surface area contributed by atoms with Crippen molar-refractivity contribution >= 4 is 34.1 Å². The standard InChI is InChI=1S/C23H20O11/c1-8-14-9(6-11(32-2)15(8)21(29)34-4)5-10-16(17(14)25)20(28)22(30)13(24)7-12(33-3)19(27)23(22,31)18(10)26/h5-7,19,25,27,30-31H,1-4H3/t19-,22-,23-/m1/s1. The molecule has 0 bridgehead atoms. The molecule has 2 aliphatic carbocycles. The zero-order chi connectivity index (χ0) is 25.3. The smallest absolute Gasteiger partial charge is 0.341 e. The Morgan fingerprint density at radius 3 is 2.24 bits per heavy atom. The first kappa shape index (κ1) is 23.4. The molecule has 11 heteroatoms. The first-order valence-corrected chi connectivity index (χ1v) is 9.89. The van der Waals surface area contributed by atoms with E-state index in [4.69, 9.17) is 14.2 Å². The number of fused-ring (bicyclic) bond motifs is 3. The third-order valence-corrected chi connectivity index (χ3v) is 6.45. The molecule has 2 aromatic carbocycles. The zero-order valence-corrected chi connectivity index (χ0v) is 18.5. The molecule has 0 amide bonds. The van der Waals surface area contributed by atoms with E-state index in [1.165, 1.54) is 20.1 Å². The van der Waals surface area contributed by atoms with Crippen LogP contribution < -0.4 is 4.74 Å². The summed E-state index contributed by atoms with van der Waals surface area (Å²) in [7, 11) is 3.48. The van der Waals surface area contributed by atoms with Crippen LogP contribution in [0.1, 0.15) is 36.6 Å². The molecular weight excluding hydrogens is 452 g/mol. The van der Waals surface area contributed by atoms with Crippen molar-refractivity contribution in [3.63, 3.8) is 0 Å².